The first-order valence-corrected chi connectivity index (χ1v) is 6.77. The van der Waals surface area contributed by atoms with E-state index in [4.69, 9.17) is 0 Å². The summed E-state index contributed by atoms with van der Waals surface area (Å²) in [6, 6.07) is -0.956. The Kier molecular flexibility index (Phi) is 4.62. The molecule has 0 aliphatic carbocycles. The first-order valence-electron chi connectivity index (χ1n) is 6.00. The Labute approximate surface area is 116 Å². The van der Waals surface area contributed by atoms with Crippen LogP contribution in [0.2, 0.25) is 0 Å². The summed E-state index contributed by atoms with van der Waals surface area (Å²) in [7, 11) is 0. The van der Waals surface area contributed by atoms with Gasteiger partial charge in [0.1, 0.15) is 10.9 Å². The first kappa shape index (κ1) is 15.6. The molecule has 0 saturated heterocycles. The Bertz CT molecular complexity index is 477. The summed E-state index contributed by atoms with van der Waals surface area (Å²) in [6.07, 6.45) is 0. The molecule has 7 heteroatoms. The van der Waals surface area contributed by atoms with Crippen molar-refractivity contribution in [2.24, 2.45) is 5.41 Å². The highest BCUT2D eigenvalue weighted by atomic mass is 32.1. The third-order valence-corrected chi connectivity index (χ3v) is 3.40. The van der Waals surface area contributed by atoms with Gasteiger partial charge in [-0.25, -0.2) is 4.79 Å². The number of carbonyl (C=O) groups excluding carboxylic acids is 1. The van der Waals surface area contributed by atoms with E-state index in [0.717, 1.165) is 11.5 Å². The summed E-state index contributed by atoms with van der Waals surface area (Å²) in [6.45, 7) is 9.11. The van der Waals surface area contributed by atoms with E-state index in [0.29, 0.717) is 10.6 Å². The van der Waals surface area contributed by atoms with Crippen LogP contribution in [0, 0.1) is 5.41 Å². The molecule has 0 fully saturated rings. The van der Waals surface area contributed by atoms with E-state index >= 15 is 0 Å². The van der Waals surface area contributed by atoms with Crippen LogP contribution >= 0.6 is 11.5 Å². The Morgan fingerprint density at radius 2 is 1.89 bits per heavy atom. The topological polar surface area (TPSA) is 92.2 Å². The molecular weight excluding hydrogens is 266 g/mol. The zero-order valence-corrected chi connectivity index (χ0v) is 12.5. The predicted molar refractivity (Wildman–Crippen MR) is 72.3 cm³/mol. The van der Waals surface area contributed by atoms with E-state index in [2.05, 4.69) is 14.9 Å². The number of carbonyl (C=O) groups is 2. The van der Waals surface area contributed by atoms with Gasteiger partial charge in [0.25, 0.3) is 5.91 Å². The molecule has 19 heavy (non-hydrogen) atoms. The number of amides is 1. The number of hydrogen-bond donors (Lipinski definition) is 2. The molecule has 6 nitrogen and oxygen atoms in total. The lowest BCUT2D eigenvalue weighted by atomic mass is 9.86. The molecule has 1 rings (SSSR count). The van der Waals surface area contributed by atoms with Gasteiger partial charge in [0.15, 0.2) is 0 Å². The van der Waals surface area contributed by atoms with Crippen molar-refractivity contribution in [2.45, 2.75) is 46.6 Å². The zero-order valence-electron chi connectivity index (χ0n) is 11.7. The molecular formula is C12H19N3O3S. The second-order valence-corrected chi connectivity index (χ2v) is 6.51. The van der Waals surface area contributed by atoms with Crippen LogP contribution in [0.15, 0.2) is 0 Å². The van der Waals surface area contributed by atoms with Crippen LogP contribution in [0.1, 0.15) is 55.9 Å². The van der Waals surface area contributed by atoms with Crippen molar-refractivity contribution in [3.8, 4) is 0 Å². The molecule has 1 heterocycles. The summed E-state index contributed by atoms with van der Waals surface area (Å²) in [4.78, 5) is 23.8. The smallest absolute Gasteiger partial charge is 0.326 e. The monoisotopic (exact) mass is 285 g/mol. The highest BCUT2D eigenvalue weighted by molar-refractivity contribution is 7.08. The van der Waals surface area contributed by atoms with Crippen molar-refractivity contribution in [3.05, 3.63) is 10.6 Å². The Balaban J connectivity index is 2.95. The fourth-order valence-corrected chi connectivity index (χ4v) is 2.30. The number of carboxylic acids is 1. The van der Waals surface area contributed by atoms with Gasteiger partial charge >= 0.3 is 5.97 Å². The van der Waals surface area contributed by atoms with Crippen molar-refractivity contribution >= 4 is 23.4 Å². The molecule has 106 valence electrons. The molecule has 0 spiro atoms. The van der Waals surface area contributed by atoms with Crippen LogP contribution < -0.4 is 5.32 Å². The zero-order chi connectivity index (χ0) is 14.8. The van der Waals surface area contributed by atoms with Crippen molar-refractivity contribution < 1.29 is 14.7 Å². The Morgan fingerprint density at radius 1 is 1.32 bits per heavy atom. The van der Waals surface area contributed by atoms with Gasteiger partial charge in [-0.15, -0.1) is 5.10 Å². The molecule has 2 N–H and O–H groups in total. The van der Waals surface area contributed by atoms with E-state index in [1.54, 1.807) is 20.8 Å². The largest absolute Gasteiger partial charge is 0.480 e. The predicted octanol–water partition coefficient (Wildman–Crippen LogP) is 1.89. The summed E-state index contributed by atoms with van der Waals surface area (Å²) < 4.78 is 3.76. The standard InChI is InChI=1S/C12H19N3O3S/c1-6(2)7-8(19-15-14-7)10(16)13-9(11(17)18)12(3,4)5/h6,9H,1-5H3,(H,13,16)(H,17,18)/t9-/m1/s1. The molecule has 1 aromatic rings. The van der Waals surface area contributed by atoms with Gasteiger partial charge in [-0.1, -0.05) is 39.1 Å². The minimum absolute atomic E-state index is 0.0671. The maximum Gasteiger partial charge on any atom is 0.326 e. The van der Waals surface area contributed by atoms with E-state index in [9.17, 15) is 14.7 Å². The van der Waals surface area contributed by atoms with E-state index in [1.165, 1.54) is 0 Å². The molecule has 0 aliphatic rings. The second-order valence-electron chi connectivity index (χ2n) is 5.75. The quantitative estimate of drug-likeness (QED) is 0.881. The Morgan fingerprint density at radius 3 is 2.32 bits per heavy atom. The van der Waals surface area contributed by atoms with Crippen LogP contribution in [0.25, 0.3) is 0 Å². The number of nitrogens with one attached hydrogen (secondary N) is 1. The molecule has 0 saturated carbocycles. The van der Waals surface area contributed by atoms with Gasteiger partial charge in [0.05, 0.1) is 5.69 Å². The summed E-state index contributed by atoms with van der Waals surface area (Å²) in [5, 5.41) is 15.6. The maximum atomic E-state index is 12.1. The number of aliphatic carboxylic acids is 1. The SMILES string of the molecule is CC(C)c1nnsc1C(=O)N[C@H](C(=O)O)C(C)(C)C. The van der Waals surface area contributed by atoms with E-state index in [1.807, 2.05) is 13.8 Å². The summed E-state index contributed by atoms with van der Waals surface area (Å²) in [5.74, 6) is -1.41. The number of aromatic nitrogens is 2. The van der Waals surface area contributed by atoms with Crippen LogP contribution in [0.4, 0.5) is 0 Å². The maximum absolute atomic E-state index is 12.1. The third-order valence-electron chi connectivity index (χ3n) is 2.65. The van der Waals surface area contributed by atoms with Crippen molar-refractivity contribution in [3.63, 3.8) is 0 Å². The van der Waals surface area contributed by atoms with Crippen molar-refractivity contribution in [1.82, 2.24) is 14.9 Å². The number of hydrogen-bond acceptors (Lipinski definition) is 5. The average molecular weight is 285 g/mol. The van der Waals surface area contributed by atoms with Crippen molar-refractivity contribution in [1.29, 1.82) is 0 Å². The van der Waals surface area contributed by atoms with Gasteiger partial charge in [-0.2, -0.15) is 0 Å². The molecule has 0 radical (unpaired) electrons. The molecule has 1 amide bonds. The average Bonchev–Trinajstić information content (AvgIpc) is 2.72. The minimum Gasteiger partial charge on any atom is -0.480 e. The van der Waals surface area contributed by atoms with Gasteiger partial charge in [0.2, 0.25) is 0 Å². The van der Waals surface area contributed by atoms with E-state index < -0.39 is 23.3 Å². The van der Waals surface area contributed by atoms with Crippen LogP contribution in [0.3, 0.4) is 0 Å². The van der Waals surface area contributed by atoms with Gasteiger partial charge < -0.3 is 10.4 Å². The fourth-order valence-electron chi connectivity index (χ4n) is 1.58. The minimum atomic E-state index is -1.05. The number of nitrogens with zero attached hydrogens (tertiary/aromatic N) is 2. The number of carboxylic acid groups (broad SMARTS) is 1. The Hall–Kier alpha value is -1.50. The molecule has 1 aromatic heterocycles. The lowest BCUT2D eigenvalue weighted by molar-refractivity contribution is -0.142. The van der Waals surface area contributed by atoms with Gasteiger partial charge in [0, 0.05) is 0 Å². The third kappa shape index (κ3) is 3.73. The lowest BCUT2D eigenvalue weighted by Crippen LogP contribution is -2.49. The highest BCUT2D eigenvalue weighted by Gasteiger charge is 2.34. The van der Waals surface area contributed by atoms with Gasteiger partial charge in [-0.3, -0.25) is 4.79 Å². The lowest BCUT2D eigenvalue weighted by Gasteiger charge is -2.27. The molecule has 0 aliphatic heterocycles. The van der Waals surface area contributed by atoms with Gasteiger partial charge in [-0.05, 0) is 22.9 Å². The first-order chi connectivity index (χ1) is 8.64. The molecule has 0 aromatic carbocycles. The summed E-state index contributed by atoms with van der Waals surface area (Å²) in [5.41, 5.74) is 0.0259. The van der Waals surface area contributed by atoms with E-state index in [-0.39, 0.29) is 5.92 Å². The normalized spacial score (nSPS) is 13.4. The van der Waals surface area contributed by atoms with Crippen LogP contribution in [-0.2, 0) is 4.79 Å². The second kappa shape index (κ2) is 5.64. The van der Waals surface area contributed by atoms with Crippen LogP contribution in [-0.4, -0.2) is 32.6 Å². The molecule has 1 atom stereocenters. The molecule has 0 unspecified atom stereocenters. The van der Waals surface area contributed by atoms with Crippen molar-refractivity contribution in [2.75, 3.05) is 0 Å². The highest BCUT2D eigenvalue weighted by Crippen LogP contribution is 2.23. The molecule has 0 bridgehead atoms. The fraction of sp³-hybridized carbons (Fsp3) is 0.667. The number of rotatable bonds is 4. The summed E-state index contributed by atoms with van der Waals surface area (Å²) >= 11 is 0.984. The van der Waals surface area contributed by atoms with Crippen LogP contribution in [0.5, 0.6) is 0 Å².